The zero-order chi connectivity index (χ0) is 24.1. The summed E-state index contributed by atoms with van der Waals surface area (Å²) < 4.78 is 14.1. The zero-order valence-corrected chi connectivity index (χ0v) is 19.6. The van der Waals surface area contributed by atoms with Crippen molar-refractivity contribution < 1.29 is 4.39 Å². The number of aromatic amines is 2. The van der Waals surface area contributed by atoms with Crippen molar-refractivity contribution in [2.24, 2.45) is 0 Å². The molecule has 0 saturated heterocycles. The van der Waals surface area contributed by atoms with E-state index in [0.29, 0.717) is 0 Å². The van der Waals surface area contributed by atoms with Gasteiger partial charge in [0, 0.05) is 36.8 Å². The van der Waals surface area contributed by atoms with Crippen molar-refractivity contribution in [3.8, 4) is 33.8 Å². The van der Waals surface area contributed by atoms with E-state index in [2.05, 4.69) is 32.3 Å². The molecule has 0 saturated carbocycles. The van der Waals surface area contributed by atoms with Crippen molar-refractivity contribution in [2.45, 2.75) is 6.92 Å². The highest BCUT2D eigenvalue weighted by Crippen LogP contribution is 2.35. The van der Waals surface area contributed by atoms with Gasteiger partial charge in [-0.15, -0.1) is 0 Å². The number of pyridine rings is 2. The molecule has 0 fully saturated rings. The molecule has 6 rings (SSSR count). The Morgan fingerprint density at radius 1 is 0.886 bits per heavy atom. The average Bonchev–Trinajstić information content (AvgIpc) is 3.47. The third kappa shape index (κ3) is 3.71. The molecule has 0 aliphatic heterocycles. The van der Waals surface area contributed by atoms with Crippen LogP contribution in [0.5, 0.6) is 0 Å². The highest BCUT2D eigenvalue weighted by atomic mass is 19.1. The minimum atomic E-state index is -0.240. The highest BCUT2D eigenvalue weighted by molar-refractivity contribution is 6.00. The Bertz CT molecular complexity index is 1690. The molecule has 7 heteroatoms. The molecule has 0 unspecified atom stereocenters. The zero-order valence-electron chi connectivity index (χ0n) is 19.6. The quantitative estimate of drug-likeness (QED) is 0.320. The normalized spacial score (nSPS) is 11.4. The number of aryl methyl sites for hydroxylation is 1. The Morgan fingerprint density at radius 3 is 2.60 bits per heavy atom. The third-order valence-electron chi connectivity index (χ3n) is 6.22. The van der Waals surface area contributed by atoms with Crippen LogP contribution in [0.25, 0.3) is 55.7 Å². The second kappa shape index (κ2) is 8.06. The van der Waals surface area contributed by atoms with Crippen molar-refractivity contribution in [1.82, 2.24) is 25.1 Å². The van der Waals surface area contributed by atoms with Crippen LogP contribution in [0.2, 0.25) is 0 Å². The minimum absolute atomic E-state index is 0.240. The number of nitrogens with one attached hydrogen (secondary N) is 2. The van der Waals surface area contributed by atoms with Crippen molar-refractivity contribution >= 4 is 27.6 Å². The van der Waals surface area contributed by atoms with Crippen LogP contribution in [-0.4, -0.2) is 39.2 Å². The molecule has 172 valence electrons. The van der Waals surface area contributed by atoms with Crippen molar-refractivity contribution in [3.63, 3.8) is 0 Å². The summed E-state index contributed by atoms with van der Waals surface area (Å²) in [5.41, 5.74) is 9.61. The standard InChI is InChI=1S/C28H23FN6/c1-16-9-17(11-19(29)10-16)21-5-4-6-24-22(21)13-26(31-24)28-27-25(33-34-28)8-7-23(32-27)18-12-20(35(2)3)15-30-14-18/h4-15,31H,1-3H3,(H,33,34). The van der Waals surface area contributed by atoms with Crippen LogP contribution in [0.3, 0.4) is 0 Å². The molecule has 2 N–H and O–H groups in total. The Kier molecular flexibility index (Phi) is 4.84. The van der Waals surface area contributed by atoms with Crippen molar-refractivity contribution in [3.05, 3.63) is 84.4 Å². The SMILES string of the molecule is Cc1cc(F)cc(-c2cccc3[nH]c(-c4n[nH]c5ccc(-c6cncc(N(C)C)c6)nc45)cc23)c1. The molecule has 0 atom stereocenters. The van der Waals surface area contributed by atoms with E-state index in [9.17, 15) is 4.39 Å². The maximum Gasteiger partial charge on any atom is 0.135 e. The molecule has 4 heterocycles. The summed E-state index contributed by atoms with van der Waals surface area (Å²) in [6, 6.07) is 19.2. The van der Waals surface area contributed by atoms with Gasteiger partial charge in [0.2, 0.25) is 0 Å². The number of halogens is 1. The smallest absolute Gasteiger partial charge is 0.135 e. The molecule has 0 aliphatic rings. The monoisotopic (exact) mass is 462 g/mol. The summed E-state index contributed by atoms with van der Waals surface area (Å²) in [5, 5.41) is 8.67. The van der Waals surface area contributed by atoms with Gasteiger partial charge in [0.15, 0.2) is 0 Å². The molecular formula is C28H23FN6. The van der Waals surface area contributed by atoms with Crippen LogP contribution < -0.4 is 4.90 Å². The number of H-pyrrole nitrogens is 2. The van der Waals surface area contributed by atoms with Gasteiger partial charge in [-0.2, -0.15) is 5.10 Å². The Hall–Kier alpha value is -4.52. The van der Waals surface area contributed by atoms with Crippen LogP contribution in [-0.2, 0) is 0 Å². The summed E-state index contributed by atoms with van der Waals surface area (Å²) in [7, 11) is 3.97. The van der Waals surface area contributed by atoms with Gasteiger partial charge in [0.25, 0.3) is 0 Å². The number of hydrogen-bond donors (Lipinski definition) is 2. The molecule has 6 nitrogen and oxygen atoms in total. The molecule has 6 aromatic rings. The largest absolute Gasteiger partial charge is 0.376 e. The fraction of sp³-hybridized carbons (Fsp3) is 0.107. The second-order valence-electron chi connectivity index (χ2n) is 8.96. The number of fused-ring (bicyclic) bond motifs is 2. The number of rotatable bonds is 4. The van der Waals surface area contributed by atoms with E-state index in [1.165, 1.54) is 6.07 Å². The number of benzene rings is 2. The fourth-order valence-corrected chi connectivity index (χ4v) is 4.49. The molecule has 2 aromatic carbocycles. The van der Waals surface area contributed by atoms with E-state index in [0.717, 1.165) is 67.0 Å². The van der Waals surface area contributed by atoms with Crippen LogP contribution in [0.1, 0.15) is 5.56 Å². The molecule has 4 aromatic heterocycles. The Balaban J connectivity index is 1.48. The highest BCUT2D eigenvalue weighted by Gasteiger charge is 2.16. The summed E-state index contributed by atoms with van der Waals surface area (Å²) >= 11 is 0. The van der Waals surface area contributed by atoms with E-state index in [1.807, 2.05) is 74.7 Å². The molecule has 0 bridgehead atoms. The van der Waals surface area contributed by atoms with Crippen LogP contribution in [0.4, 0.5) is 10.1 Å². The van der Waals surface area contributed by atoms with Gasteiger partial charge in [-0.25, -0.2) is 9.37 Å². The van der Waals surface area contributed by atoms with Crippen LogP contribution >= 0.6 is 0 Å². The first-order valence-electron chi connectivity index (χ1n) is 11.3. The van der Waals surface area contributed by atoms with Gasteiger partial charge < -0.3 is 9.88 Å². The summed E-state index contributed by atoms with van der Waals surface area (Å²) in [4.78, 5) is 14.8. The first kappa shape index (κ1) is 21.0. The lowest BCUT2D eigenvalue weighted by Crippen LogP contribution is -2.08. The molecule has 0 amide bonds. The Morgan fingerprint density at radius 2 is 1.77 bits per heavy atom. The maximum absolute atomic E-state index is 14.1. The lowest BCUT2D eigenvalue weighted by molar-refractivity contribution is 0.627. The second-order valence-corrected chi connectivity index (χ2v) is 8.96. The topological polar surface area (TPSA) is 73.5 Å². The summed E-state index contributed by atoms with van der Waals surface area (Å²) in [6.07, 6.45) is 3.64. The van der Waals surface area contributed by atoms with Gasteiger partial charge in [-0.05, 0) is 66.1 Å². The fourth-order valence-electron chi connectivity index (χ4n) is 4.49. The maximum atomic E-state index is 14.1. The molecular weight excluding hydrogens is 439 g/mol. The average molecular weight is 463 g/mol. The van der Waals surface area contributed by atoms with E-state index in [1.54, 1.807) is 6.07 Å². The number of anilines is 1. The number of hydrogen-bond acceptors (Lipinski definition) is 4. The van der Waals surface area contributed by atoms with Gasteiger partial charge in [0.05, 0.1) is 28.8 Å². The predicted octanol–water partition coefficient (Wildman–Crippen LogP) is 6.35. The number of aromatic nitrogens is 5. The van der Waals surface area contributed by atoms with Gasteiger partial charge in [-0.1, -0.05) is 18.2 Å². The van der Waals surface area contributed by atoms with Crippen LogP contribution in [0, 0.1) is 12.7 Å². The first-order chi connectivity index (χ1) is 17.0. The van der Waals surface area contributed by atoms with Crippen LogP contribution in [0.15, 0.2) is 73.1 Å². The van der Waals surface area contributed by atoms with E-state index in [-0.39, 0.29) is 5.82 Å². The number of nitrogens with zero attached hydrogens (tertiary/aromatic N) is 4. The summed E-state index contributed by atoms with van der Waals surface area (Å²) in [6.45, 7) is 1.90. The van der Waals surface area contributed by atoms with Crippen molar-refractivity contribution in [1.29, 1.82) is 0 Å². The predicted molar refractivity (Wildman–Crippen MR) is 139 cm³/mol. The minimum Gasteiger partial charge on any atom is -0.376 e. The van der Waals surface area contributed by atoms with E-state index < -0.39 is 0 Å². The molecule has 35 heavy (non-hydrogen) atoms. The van der Waals surface area contributed by atoms with Crippen molar-refractivity contribution in [2.75, 3.05) is 19.0 Å². The first-order valence-corrected chi connectivity index (χ1v) is 11.3. The molecule has 0 radical (unpaired) electrons. The lowest BCUT2D eigenvalue weighted by Gasteiger charge is -2.12. The van der Waals surface area contributed by atoms with E-state index >= 15 is 0 Å². The van der Waals surface area contributed by atoms with Gasteiger partial charge >= 0.3 is 0 Å². The third-order valence-corrected chi connectivity index (χ3v) is 6.22. The molecule has 0 spiro atoms. The lowest BCUT2D eigenvalue weighted by atomic mass is 10.00. The van der Waals surface area contributed by atoms with Gasteiger partial charge in [-0.3, -0.25) is 10.1 Å². The van der Waals surface area contributed by atoms with Gasteiger partial charge in [0.1, 0.15) is 17.0 Å². The molecule has 0 aliphatic carbocycles. The van der Waals surface area contributed by atoms with E-state index in [4.69, 9.17) is 4.98 Å². The summed E-state index contributed by atoms with van der Waals surface area (Å²) in [5.74, 6) is -0.240. The Labute approximate surface area is 201 Å².